The van der Waals surface area contributed by atoms with Crippen LogP contribution in [0.5, 0.6) is 0 Å². The molecular weight excluding hydrogens is 320 g/mol. The molecule has 0 atom stereocenters. The van der Waals surface area contributed by atoms with Gasteiger partial charge >= 0.3 is 24.1 Å². The molecule has 11 heteroatoms. The molecule has 0 radical (unpaired) electrons. The molecule has 0 fully saturated rings. The van der Waals surface area contributed by atoms with Crippen molar-refractivity contribution in [3.05, 3.63) is 30.3 Å². The number of carbonyl (C=O) groups is 1. The van der Waals surface area contributed by atoms with Crippen molar-refractivity contribution in [3.8, 4) is 0 Å². The lowest BCUT2D eigenvalue weighted by molar-refractivity contribution is -0.304. The zero-order valence-electron chi connectivity index (χ0n) is 11.0. The molecule has 0 aliphatic heterocycles. The summed E-state index contributed by atoms with van der Waals surface area (Å²) in [7, 11) is 0.621. The Morgan fingerprint density at radius 2 is 1.55 bits per heavy atom. The molecule has 0 saturated carbocycles. The number of methoxy groups -OCH3 is 1. The average Bonchev–Trinajstić information content (AvgIpc) is 2.41. The van der Waals surface area contributed by atoms with E-state index in [-0.39, 0.29) is 0 Å². The zero-order valence-corrected chi connectivity index (χ0v) is 11.0. The van der Waals surface area contributed by atoms with Crippen molar-refractivity contribution in [2.75, 3.05) is 12.1 Å². The van der Waals surface area contributed by atoms with Crippen molar-refractivity contribution in [1.29, 1.82) is 0 Å². The lowest BCUT2D eigenvalue weighted by Crippen LogP contribution is -2.78. The molecule has 3 N–H and O–H groups in total. The Kier molecular flexibility index (Phi) is 4.80. The molecule has 1 amide bonds. The lowest BCUT2D eigenvalue weighted by Gasteiger charge is -2.43. The summed E-state index contributed by atoms with van der Waals surface area (Å²) in [4.78, 5) is 11.0. The highest BCUT2D eigenvalue weighted by Crippen LogP contribution is 2.45. The van der Waals surface area contributed by atoms with Crippen LogP contribution < -0.4 is 16.2 Å². The zero-order chi connectivity index (χ0) is 17.2. The Morgan fingerprint density at radius 3 is 1.91 bits per heavy atom. The van der Waals surface area contributed by atoms with Gasteiger partial charge < -0.3 is 4.74 Å². The Labute approximate surface area is 120 Å². The van der Waals surface area contributed by atoms with Crippen LogP contribution in [0.15, 0.2) is 30.3 Å². The smallest absolute Gasteiger partial charge is 0.441 e. The maximum absolute atomic E-state index is 13.2. The first-order chi connectivity index (χ1) is 9.97. The number of hydrogen-bond acceptors (Lipinski definition) is 4. The van der Waals surface area contributed by atoms with Crippen LogP contribution >= 0.6 is 0 Å². The number of halogens is 6. The van der Waals surface area contributed by atoms with Gasteiger partial charge in [0.1, 0.15) is 0 Å². The van der Waals surface area contributed by atoms with E-state index in [0.717, 1.165) is 17.4 Å². The molecule has 0 bridgehead atoms. The summed E-state index contributed by atoms with van der Waals surface area (Å²) in [5.74, 6) is 5.07. The van der Waals surface area contributed by atoms with E-state index in [2.05, 4.69) is 4.74 Å². The number of nitrogens with one attached hydrogen (secondary N) is 1. The van der Waals surface area contributed by atoms with E-state index in [9.17, 15) is 31.1 Å². The number of benzene rings is 1. The summed E-state index contributed by atoms with van der Waals surface area (Å²) in [6, 6.07) is 5.58. The van der Waals surface area contributed by atoms with Crippen molar-refractivity contribution in [2.45, 2.75) is 18.0 Å². The number of alkyl halides is 6. The molecule has 1 rings (SSSR count). The van der Waals surface area contributed by atoms with Crippen molar-refractivity contribution < 1.29 is 35.9 Å². The molecule has 1 aromatic rings. The van der Waals surface area contributed by atoms with Gasteiger partial charge in [0.25, 0.3) is 0 Å². The van der Waals surface area contributed by atoms with Crippen molar-refractivity contribution in [2.24, 2.45) is 5.84 Å². The van der Waals surface area contributed by atoms with Gasteiger partial charge in [-0.1, -0.05) is 18.2 Å². The molecule has 1 aromatic carbocycles. The van der Waals surface area contributed by atoms with Crippen LogP contribution in [-0.4, -0.2) is 31.2 Å². The first kappa shape index (κ1) is 17.9. The fraction of sp³-hybridized carbons (Fsp3) is 0.364. The molecule has 5 nitrogen and oxygen atoms in total. The van der Waals surface area contributed by atoms with Crippen molar-refractivity contribution in [1.82, 2.24) is 5.32 Å². The second-order valence-electron chi connectivity index (χ2n) is 4.03. The fourth-order valence-corrected chi connectivity index (χ4v) is 1.62. The predicted octanol–water partition coefficient (Wildman–Crippen LogP) is 2.54. The molecule has 0 heterocycles. The molecule has 0 spiro atoms. The molecule has 0 unspecified atom stereocenters. The minimum absolute atomic E-state index is 0.607. The summed E-state index contributed by atoms with van der Waals surface area (Å²) >= 11 is 0. The van der Waals surface area contributed by atoms with Crippen LogP contribution in [-0.2, 0) is 4.74 Å². The fourth-order valence-electron chi connectivity index (χ4n) is 1.62. The van der Waals surface area contributed by atoms with E-state index in [1.165, 1.54) is 18.2 Å². The number of nitrogens with two attached hydrogens (primary N) is 1. The van der Waals surface area contributed by atoms with Gasteiger partial charge in [0.2, 0.25) is 0 Å². The number of carbonyl (C=O) groups excluding carboxylic acids is 1. The SMILES string of the molecule is COC(=O)NC(N(N)c1ccccc1)(C(F)(F)F)C(F)(F)F. The molecule has 0 aliphatic rings. The van der Waals surface area contributed by atoms with Gasteiger partial charge in [0.05, 0.1) is 12.8 Å². The Hall–Kier alpha value is -2.17. The largest absolute Gasteiger partial charge is 0.453 e. The molecule has 0 aliphatic carbocycles. The quantitative estimate of drug-likeness (QED) is 0.387. The highest BCUT2D eigenvalue weighted by Gasteiger charge is 2.75. The second-order valence-corrected chi connectivity index (χ2v) is 4.03. The van der Waals surface area contributed by atoms with Gasteiger partial charge in [-0.25, -0.2) is 10.6 Å². The number of amides is 1. The number of hydrogen-bond donors (Lipinski definition) is 2. The molecule has 22 heavy (non-hydrogen) atoms. The van der Waals surface area contributed by atoms with E-state index in [1.54, 1.807) is 0 Å². The van der Waals surface area contributed by atoms with E-state index in [4.69, 9.17) is 5.84 Å². The summed E-state index contributed by atoms with van der Waals surface area (Å²) in [5, 5.41) is 0.141. The number of hydrazine groups is 1. The van der Waals surface area contributed by atoms with Gasteiger partial charge in [0.15, 0.2) is 0 Å². The summed E-state index contributed by atoms with van der Waals surface area (Å²) in [5.41, 5.74) is -5.47. The molecule has 0 saturated heterocycles. The van der Waals surface area contributed by atoms with Crippen LogP contribution in [0.1, 0.15) is 0 Å². The van der Waals surface area contributed by atoms with Gasteiger partial charge in [-0.15, -0.1) is 0 Å². The number of rotatable bonds is 3. The number of ether oxygens (including phenoxy) is 1. The van der Waals surface area contributed by atoms with E-state index >= 15 is 0 Å². The van der Waals surface area contributed by atoms with Gasteiger partial charge in [-0.05, 0) is 12.1 Å². The normalized spacial score (nSPS) is 12.7. The van der Waals surface area contributed by atoms with Crippen LogP contribution in [0, 0.1) is 0 Å². The minimum Gasteiger partial charge on any atom is -0.453 e. The van der Waals surface area contributed by atoms with Crippen LogP contribution in [0.25, 0.3) is 0 Å². The topological polar surface area (TPSA) is 67.6 Å². The third-order valence-electron chi connectivity index (χ3n) is 2.68. The highest BCUT2D eigenvalue weighted by atomic mass is 19.4. The van der Waals surface area contributed by atoms with Crippen molar-refractivity contribution in [3.63, 3.8) is 0 Å². The highest BCUT2D eigenvalue weighted by molar-refractivity contribution is 5.69. The number of alkyl carbamates (subject to hydrolysis) is 1. The van der Waals surface area contributed by atoms with E-state index < -0.39 is 34.8 Å². The average molecular weight is 331 g/mol. The lowest BCUT2D eigenvalue weighted by atomic mass is 10.1. The third kappa shape index (κ3) is 3.03. The van der Waals surface area contributed by atoms with Crippen LogP contribution in [0.3, 0.4) is 0 Å². The summed E-state index contributed by atoms with van der Waals surface area (Å²) in [6.45, 7) is 0. The second kappa shape index (κ2) is 5.91. The third-order valence-corrected chi connectivity index (χ3v) is 2.68. The first-order valence-electron chi connectivity index (χ1n) is 5.57. The number of para-hydroxylation sites is 1. The number of anilines is 1. The van der Waals surface area contributed by atoms with Gasteiger partial charge in [0, 0.05) is 0 Å². The van der Waals surface area contributed by atoms with Crippen molar-refractivity contribution >= 4 is 11.8 Å². The maximum Gasteiger partial charge on any atom is 0.441 e. The minimum atomic E-state index is -5.98. The molecular formula is C11H11F6N3O2. The predicted molar refractivity (Wildman–Crippen MR) is 63.5 cm³/mol. The number of nitrogens with zero attached hydrogens (tertiary/aromatic N) is 1. The monoisotopic (exact) mass is 331 g/mol. The molecule has 124 valence electrons. The Bertz CT molecular complexity index is 503. The molecule has 0 aromatic heterocycles. The standard InChI is InChI=1S/C11H11F6N3O2/c1-22-8(21)19-9(10(12,13)14,11(15,16)17)20(18)7-5-3-2-4-6-7/h2-6H,18H2,1H3,(H,19,21). The van der Waals surface area contributed by atoms with Crippen LogP contribution in [0.2, 0.25) is 0 Å². The van der Waals surface area contributed by atoms with Gasteiger partial charge in [-0.2, -0.15) is 26.3 Å². The first-order valence-corrected chi connectivity index (χ1v) is 5.57. The maximum atomic E-state index is 13.2. The van der Waals surface area contributed by atoms with Crippen LogP contribution in [0.4, 0.5) is 36.8 Å². The Morgan fingerprint density at radius 1 is 1.09 bits per heavy atom. The van der Waals surface area contributed by atoms with E-state index in [1.807, 2.05) is 0 Å². The summed E-state index contributed by atoms with van der Waals surface area (Å²) < 4.78 is 83.0. The van der Waals surface area contributed by atoms with E-state index in [0.29, 0.717) is 7.11 Å². The van der Waals surface area contributed by atoms with Gasteiger partial charge in [-0.3, -0.25) is 10.3 Å². The summed E-state index contributed by atoms with van der Waals surface area (Å²) in [6.07, 6.45) is -13.9. The Balaban J connectivity index is 3.52.